The molecule has 0 radical (unpaired) electrons. The Morgan fingerprint density at radius 2 is 1.76 bits per heavy atom. The summed E-state index contributed by atoms with van der Waals surface area (Å²) in [5.41, 5.74) is 0.193. The average molecular weight is 428 g/mol. The molecular weight excluding hydrogens is 386 g/mol. The maximum absolute atomic E-state index is 5.59. The highest BCUT2D eigenvalue weighted by atomic mass is 32.2. The lowest BCUT2D eigenvalue weighted by molar-refractivity contribution is -0.0104. The molecule has 0 bridgehead atoms. The van der Waals surface area contributed by atoms with Crippen LogP contribution >= 0.6 is 11.8 Å². The van der Waals surface area contributed by atoms with E-state index in [1.807, 2.05) is 0 Å². The van der Waals surface area contributed by atoms with Crippen LogP contribution in [0.1, 0.15) is 27.2 Å². The Labute approximate surface area is 181 Å². The molecule has 8 heteroatoms. The largest absolute Gasteiger partial charge is 0.379 e. The third-order valence-corrected chi connectivity index (χ3v) is 7.64. The first-order chi connectivity index (χ1) is 14.1. The summed E-state index contributed by atoms with van der Waals surface area (Å²) in [7, 11) is 0. The molecule has 2 atom stereocenters. The van der Waals surface area contributed by atoms with Crippen molar-refractivity contribution in [2.75, 3.05) is 83.7 Å². The van der Waals surface area contributed by atoms with Crippen LogP contribution in [0.15, 0.2) is 4.99 Å². The van der Waals surface area contributed by atoms with Crippen molar-refractivity contribution in [2.24, 2.45) is 10.9 Å². The molecule has 0 aromatic rings. The van der Waals surface area contributed by atoms with Crippen molar-refractivity contribution in [3.8, 4) is 0 Å². The Morgan fingerprint density at radius 3 is 2.34 bits per heavy atom. The fourth-order valence-electron chi connectivity index (χ4n) is 4.57. The summed E-state index contributed by atoms with van der Waals surface area (Å²) in [6, 6.07) is 0.498. The van der Waals surface area contributed by atoms with E-state index in [4.69, 9.17) is 14.5 Å². The van der Waals surface area contributed by atoms with Crippen LogP contribution in [-0.2, 0) is 9.47 Å². The number of hydrogen-bond acceptors (Lipinski definition) is 6. The molecule has 3 saturated heterocycles. The van der Waals surface area contributed by atoms with Gasteiger partial charge in [0.15, 0.2) is 5.96 Å². The second-order valence-corrected chi connectivity index (χ2v) is 9.77. The molecule has 0 aromatic carbocycles. The molecule has 0 amide bonds. The summed E-state index contributed by atoms with van der Waals surface area (Å²) < 4.78 is 11.1. The second kappa shape index (κ2) is 11.7. The van der Waals surface area contributed by atoms with Gasteiger partial charge >= 0.3 is 0 Å². The number of nitrogens with one attached hydrogen (secondary N) is 2. The number of nitrogens with zero attached hydrogens (tertiary/aromatic N) is 3. The van der Waals surface area contributed by atoms with E-state index >= 15 is 0 Å². The van der Waals surface area contributed by atoms with E-state index in [1.54, 1.807) is 0 Å². The van der Waals surface area contributed by atoms with Crippen LogP contribution in [0.2, 0.25) is 0 Å². The summed E-state index contributed by atoms with van der Waals surface area (Å²) >= 11 is 2.07. The Balaban J connectivity index is 1.61. The molecule has 3 aliphatic rings. The monoisotopic (exact) mass is 427 g/mol. The minimum atomic E-state index is 0.193. The fourth-order valence-corrected chi connectivity index (χ4v) is 6.04. The number of rotatable bonds is 8. The van der Waals surface area contributed by atoms with E-state index < -0.39 is 0 Å². The molecule has 2 unspecified atom stereocenters. The van der Waals surface area contributed by atoms with Gasteiger partial charge in [-0.05, 0) is 25.0 Å². The van der Waals surface area contributed by atoms with Gasteiger partial charge in [-0.2, -0.15) is 11.8 Å². The van der Waals surface area contributed by atoms with E-state index in [-0.39, 0.29) is 5.54 Å². The van der Waals surface area contributed by atoms with Crippen molar-refractivity contribution >= 4 is 17.7 Å². The number of thioether (sulfide) groups is 1. The molecule has 168 valence electrons. The van der Waals surface area contributed by atoms with Gasteiger partial charge in [-0.1, -0.05) is 13.8 Å². The summed E-state index contributed by atoms with van der Waals surface area (Å²) in [6.07, 6.45) is 1.23. The number of ether oxygens (including phenoxy) is 2. The summed E-state index contributed by atoms with van der Waals surface area (Å²) in [4.78, 5) is 10.3. The van der Waals surface area contributed by atoms with Gasteiger partial charge in [0, 0.05) is 51.1 Å². The van der Waals surface area contributed by atoms with Crippen LogP contribution < -0.4 is 10.6 Å². The first-order valence-corrected chi connectivity index (χ1v) is 12.5. The first kappa shape index (κ1) is 23.1. The molecule has 3 heterocycles. The molecular formula is C21H41N5O2S. The lowest BCUT2D eigenvalue weighted by atomic mass is 9.96. The van der Waals surface area contributed by atoms with Crippen molar-refractivity contribution in [3.63, 3.8) is 0 Å². The number of aliphatic imine (C=N–C) groups is 1. The Hall–Kier alpha value is -0.540. The van der Waals surface area contributed by atoms with Gasteiger partial charge in [-0.25, -0.2) is 0 Å². The van der Waals surface area contributed by atoms with Gasteiger partial charge in [0.25, 0.3) is 0 Å². The highest BCUT2D eigenvalue weighted by Gasteiger charge is 2.40. The normalized spacial score (nSPS) is 28.6. The lowest BCUT2D eigenvalue weighted by Gasteiger charge is -2.42. The van der Waals surface area contributed by atoms with Crippen LogP contribution in [0.4, 0.5) is 0 Å². The molecule has 0 spiro atoms. The SMILES string of the molecule is CCNC(=NCC1(N2CCOCC2)CCSC1)NCC(C(C)C)N1CCOCC1. The van der Waals surface area contributed by atoms with E-state index in [0.717, 1.165) is 78.2 Å². The average Bonchev–Trinajstić information content (AvgIpc) is 3.23. The van der Waals surface area contributed by atoms with Gasteiger partial charge in [-0.3, -0.25) is 14.8 Å². The van der Waals surface area contributed by atoms with Gasteiger partial charge in [0.1, 0.15) is 0 Å². The molecule has 2 N–H and O–H groups in total. The summed E-state index contributed by atoms with van der Waals surface area (Å²) in [5, 5.41) is 7.12. The van der Waals surface area contributed by atoms with Gasteiger partial charge in [0.05, 0.1) is 38.5 Å². The van der Waals surface area contributed by atoms with Crippen LogP contribution in [-0.4, -0.2) is 111 Å². The van der Waals surface area contributed by atoms with Crippen molar-refractivity contribution < 1.29 is 9.47 Å². The zero-order valence-electron chi connectivity index (χ0n) is 18.6. The van der Waals surface area contributed by atoms with E-state index in [2.05, 4.69) is 53.0 Å². The Kier molecular flexibility index (Phi) is 9.37. The Bertz CT molecular complexity index is 501. The Morgan fingerprint density at radius 1 is 1.07 bits per heavy atom. The minimum absolute atomic E-state index is 0.193. The van der Waals surface area contributed by atoms with Gasteiger partial charge in [0.2, 0.25) is 0 Å². The predicted octanol–water partition coefficient (Wildman–Crippen LogP) is 1.11. The van der Waals surface area contributed by atoms with E-state index in [1.165, 1.54) is 17.9 Å². The molecule has 3 aliphatic heterocycles. The van der Waals surface area contributed by atoms with Crippen LogP contribution in [0.3, 0.4) is 0 Å². The maximum atomic E-state index is 5.59. The van der Waals surface area contributed by atoms with Crippen molar-refractivity contribution in [3.05, 3.63) is 0 Å². The van der Waals surface area contributed by atoms with Crippen LogP contribution in [0, 0.1) is 5.92 Å². The fraction of sp³-hybridized carbons (Fsp3) is 0.952. The quantitative estimate of drug-likeness (QED) is 0.444. The van der Waals surface area contributed by atoms with E-state index in [9.17, 15) is 0 Å². The first-order valence-electron chi connectivity index (χ1n) is 11.4. The number of morpholine rings is 2. The van der Waals surface area contributed by atoms with Gasteiger partial charge < -0.3 is 20.1 Å². The van der Waals surface area contributed by atoms with Crippen molar-refractivity contribution in [1.82, 2.24) is 20.4 Å². The molecule has 0 aromatic heterocycles. The standard InChI is InChI=1S/C21H41N5O2S/c1-4-22-20(23-15-19(18(2)3)25-6-10-27-11-7-25)24-16-21(5-14-29-17-21)26-8-12-28-13-9-26/h18-19H,4-17H2,1-3H3,(H2,22,23,24). The zero-order chi connectivity index (χ0) is 20.5. The zero-order valence-corrected chi connectivity index (χ0v) is 19.4. The number of hydrogen-bond donors (Lipinski definition) is 2. The van der Waals surface area contributed by atoms with Crippen molar-refractivity contribution in [1.29, 1.82) is 0 Å². The minimum Gasteiger partial charge on any atom is -0.379 e. The molecule has 7 nitrogen and oxygen atoms in total. The number of guanidine groups is 1. The third-order valence-electron chi connectivity index (χ3n) is 6.40. The van der Waals surface area contributed by atoms with Crippen LogP contribution in [0.5, 0.6) is 0 Å². The topological polar surface area (TPSA) is 61.4 Å². The molecule has 3 fully saturated rings. The van der Waals surface area contributed by atoms with Crippen molar-refractivity contribution in [2.45, 2.75) is 38.8 Å². The molecule has 0 saturated carbocycles. The van der Waals surface area contributed by atoms with E-state index in [0.29, 0.717) is 12.0 Å². The summed E-state index contributed by atoms with van der Waals surface area (Å²) in [5.74, 6) is 3.96. The smallest absolute Gasteiger partial charge is 0.191 e. The molecule has 29 heavy (non-hydrogen) atoms. The van der Waals surface area contributed by atoms with Gasteiger partial charge in [-0.15, -0.1) is 0 Å². The van der Waals surface area contributed by atoms with Crippen LogP contribution in [0.25, 0.3) is 0 Å². The summed E-state index contributed by atoms with van der Waals surface area (Å²) in [6.45, 7) is 16.9. The molecule has 0 aliphatic carbocycles. The maximum Gasteiger partial charge on any atom is 0.191 e. The second-order valence-electron chi connectivity index (χ2n) is 8.66. The third kappa shape index (κ3) is 6.47. The molecule has 3 rings (SSSR count). The lowest BCUT2D eigenvalue weighted by Crippen LogP contribution is -2.56. The highest BCUT2D eigenvalue weighted by molar-refractivity contribution is 7.99. The highest BCUT2D eigenvalue weighted by Crippen LogP contribution is 2.34. The predicted molar refractivity (Wildman–Crippen MR) is 122 cm³/mol.